The minimum atomic E-state index is -0.0894. The van der Waals surface area contributed by atoms with E-state index in [1.807, 2.05) is 12.3 Å². The lowest BCUT2D eigenvalue weighted by Gasteiger charge is -2.34. The van der Waals surface area contributed by atoms with Crippen LogP contribution in [-0.2, 0) is 0 Å². The SMILES string of the molecule is CCCNC(=O)c1csc(-c2ccc(N3CCN(C)CC3)cc2)n1. The van der Waals surface area contributed by atoms with Gasteiger partial charge in [0.05, 0.1) is 0 Å². The summed E-state index contributed by atoms with van der Waals surface area (Å²) in [5.41, 5.74) is 2.82. The first kappa shape index (κ1) is 16.9. The number of likely N-dealkylation sites (N-methyl/N-ethyl adjacent to an activating group) is 1. The molecule has 1 amide bonds. The van der Waals surface area contributed by atoms with Crippen molar-refractivity contribution in [1.82, 2.24) is 15.2 Å². The summed E-state index contributed by atoms with van der Waals surface area (Å²) in [4.78, 5) is 21.2. The molecule has 2 aromatic rings. The van der Waals surface area contributed by atoms with E-state index in [1.54, 1.807) is 0 Å². The Hall–Kier alpha value is -1.92. The van der Waals surface area contributed by atoms with Gasteiger partial charge in [0.25, 0.3) is 5.91 Å². The first-order chi connectivity index (χ1) is 11.7. The van der Waals surface area contributed by atoms with E-state index in [9.17, 15) is 4.79 Å². The molecule has 6 heteroatoms. The van der Waals surface area contributed by atoms with Gasteiger partial charge in [0.15, 0.2) is 0 Å². The van der Waals surface area contributed by atoms with Crippen molar-refractivity contribution in [3.8, 4) is 10.6 Å². The van der Waals surface area contributed by atoms with Gasteiger partial charge in [-0.3, -0.25) is 4.79 Å². The molecule has 0 bridgehead atoms. The third kappa shape index (κ3) is 3.94. The maximum atomic E-state index is 12.0. The van der Waals surface area contributed by atoms with Crippen molar-refractivity contribution in [2.24, 2.45) is 0 Å². The van der Waals surface area contributed by atoms with E-state index in [2.05, 4.69) is 51.4 Å². The van der Waals surface area contributed by atoms with Crippen LogP contribution in [0.4, 0.5) is 5.69 Å². The fourth-order valence-corrected chi connectivity index (χ4v) is 3.53. The molecule has 3 rings (SSSR count). The van der Waals surface area contributed by atoms with Crippen molar-refractivity contribution < 1.29 is 4.79 Å². The molecule has 0 unspecified atom stereocenters. The Morgan fingerprint density at radius 3 is 2.58 bits per heavy atom. The Kier molecular flexibility index (Phi) is 5.48. The molecule has 0 saturated carbocycles. The van der Waals surface area contributed by atoms with E-state index < -0.39 is 0 Å². The molecule has 24 heavy (non-hydrogen) atoms. The van der Waals surface area contributed by atoms with Crippen LogP contribution in [0.25, 0.3) is 10.6 Å². The number of amides is 1. The number of piperazine rings is 1. The molecule has 0 aliphatic carbocycles. The van der Waals surface area contributed by atoms with Gasteiger partial charge in [0, 0.05) is 49.4 Å². The van der Waals surface area contributed by atoms with E-state index in [0.717, 1.165) is 43.2 Å². The van der Waals surface area contributed by atoms with E-state index in [0.29, 0.717) is 12.2 Å². The van der Waals surface area contributed by atoms with Gasteiger partial charge < -0.3 is 15.1 Å². The number of rotatable bonds is 5. The van der Waals surface area contributed by atoms with Crippen LogP contribution in [0.3, 0.4) is 0 Å². The summed E-state index contributed by atoms with van der Waals surface area (Å²) >= 11 is 1.51. The molecule has 1 aromatic heterocycles. The van der Waals surface area contributed by atoms with Crippen molar-refractivity contribution in [2.45, 2.75) is 13.3 Å². The highest BCUT2D eigenvalue weighted by Gasteiger charge is 2.15. The summed E-state index contributed by atoms with van der Waals surface area (Å²) < 4.78 is 0. The van der Waals surface area contributed by atoms with Crippen molar-refractivity contribution in [2.75, 3.05) is 44.7 Å². The van der Waals surface area contributed by atoms with E-state index in [1.165, 1.54) is 17.0 Å². The number of carbonyl (C=O) groups is 1. The average molecular weight is 344 g/mol. The Morgan fingerprint density at radius 1 is 1.21 bits per heavy atom. The topological polar surface area (TPSA) is 48.5 Å². The summed E-state index contributed by atoms with van der Waals surface area (Å²) in [5.74, 6) is -0.0894. The zero-order valence-corrected chi connectivity index (χ0v) is 15.1. The highest BCUT2D eigenvalue weighted by molar-refractivity contribution is 7.13. The lowest BCUT2D eigenvalue weighted by atomic mass is 10.2. The third-order valence-corrected chi connectivity index (χ3v) is 5.15. The Bertz CT molecular complexity index is 675. The minimum absolute atomic E-state index is 0.0894. The Balaban J connectivity index is 1.67. The van der Waals surface area contributed by atoms with Gasteiger partial charge >= 0.3 is 0 Å². The van der Waals surface area contributed by atoms with Crippen LogP contribution in [0.5, 0.6) is 0 Å². The highest BCUT2D eigenvalue weighted by atomic mass is 32.1. The normalized spacial score (nSPS) is 15.5. The van der Waals surface area contributed by atoms with Gasteiger partial charge in [-0.1, -0.05) is 6.92 Å². The predicted octanol–water partition coefficient (Wildman–Crippen LogP) is 2.70. The van der Waals surface area contributed by atoms with Crippen LogP contribution in [0.2, 0.25) is 0 Å². The lowest BCUT2D eigenvalue weighted by Crippen LogP contribution is -2.44. The van der Waals surface area contributed by atoms with Crippen LogP contribution in [0.1, 0.15) is 23.8 Å². The number of nitrogens with one attached hydrogen (secondary N) is 1. The Morgan fingerprint density at radius 2 is 1.92 bits per heavy atom. The van der Waals surface area contributed by atoms with Crippen LogP contribution in [0.15, 0.2) is 29.6 Å². The van der Waals surface area contributed by atoms with Crippen LogP contribution in [0, 0.1) is 0 Å². The number of benzene rings is 1. The van der Waals surface area contributed by atoms with Crippen molar-refractivity contribution in [1.29, 1.82) is 0 Å². The second kappa shape index (κ2) is 7.77. The quantitative estimate of drug-likeness (QED) is 0.906. The number of carbonyl (C=O) groups excluding carboxylic acids is 1. The lowest BCUT2D eigenvalue weighted by molar-refractivity contribution is 0.0949. The minimum Gasteiger partial charge on any atom is -0.369 e. The fraction of sp³-hybridized carbons (Fsp3) is 0.444. The second-order valence-corrected chi connectivity index (χ2v) is 6.99. The van der Waals surface area contributed by atoms with Gasteiger partial charge in [-0.25, -0.2) is 4.98 Å². The largest absolute Gasteiger partial charge is 0.369 e. The zero-order valence-electron chi connectivity index (χ0n) is 14.3. The fourth-order valence-electron chi connectivity index (χ4n) is 2.72. The maximum absolute atomic E-state index is 12.0. The molecule has 1 fully saturated rings. The monoisotopic (exact) mass is 344 g/mol. The van der Waals surface area contributed by atoms with Gasteiger partial charge in [0.2, 0.25) is 0 Å². The molecule has 1 N–H and O–H groups in total. The van der Waals surface area contributed by atoms with E-state index in [-0.39, 0.29) is 5.91 Å². The molecule has 1 aliphatic heterocycles. The standard InChI is InChI=1S/C18H24N4OS/c1-3-8-19-17(23)16-13-24-18(20-16)14-4-6-15(7-5-14)22-11-9-21(2)10-12-22/h4-7,13H,3,8-12H2,1-2H3,(H,19,23). The van der Waals surface area contributed by atoms with Crippen molar-refractivity contribution in [3.63, 3.8) is 0 Å². The van der Waals surface area contributed by atoms with Gasteiger partial charge in [-0.15, -0.1) is 11.3 Å². The van der Waals surface area contributed by atoms with Crippen molar-refractivity contribution in [3.05, 3.63) is 35.3 Å². The molecule has 128 valence electrons. The summed E-state index contributed by atoms with van der Waals surface area (Å²) in [6.07, 6.45) is 0.927. The van der Waals surface area contributed by atoms with Gasteiger partial charge in [0.1, 0.15) is 10.7 Å². The number of hydrogen-bond donors (Lipinski definition) is 1. The molecule has 1 aliphatic rings. The maximum Gasteiger partial charge on any atom is 0.270 e. The van der Waals surface area contributed by atoms with Gasteiger partial charge in [-0.05, 0) is 37.7 Å². The number of anilines is 1. The predicted molar refractivity (Wildman–Crippen MR) is 99.9 cm³/mol. The molecule has 0 radical (unpaired) electrons. The van der Waals surface area contributed by atoms with E-state index >= 15 is 0 Å². The highest BCUT2D eigenvalue weighted by Crippen LogP contribution is 2.26. The molecule has 0 spiro atoms. The molecular formula is C18H24N4OS. The number of aromatic nitrogens is 1. The van der Waals surface area contributed by atoms with Gasteiger partial charge in [-0.2, -0.15) is 0 Å². The first-order valence-electron chi connectivity index (χ1n) is 8.45. The summed E-state index contributed by atoms with van der Waals surface area (Å²) in [7, 11) is 2.16. The zero-order chi connectivity index (χ0) is 16.9. The molecule has 2 heterocycles. The summed E-state index contributed by atoms with van der Waals surface area (Å²) in [6, 6.07) is 8.50. The number of thiazole rings is 1. The first-order valence-corrected chi connectivity index (χ1v) is 9.33. The molecule has 5 nitrogen and oxygen atoms in total. The molecule has 1 aromatic carbocycles. The van der Waals surface area contributed by atoms with Crippen LogP contribution >= 0.6 is 11.3 Å². The average Bonchev–Trinajstić information content (AvgIpc) is 3.11. The number of hydrogen-bond acceptors (Lipinski definition) is 5. The smallest absolute Gasteiger partial charge is 0.270 e. The summed E-state index contributed by atoms with van der Waals surface area (Å²) in [5, 5.41) is 5.58. The third-order valence-electron chi connectivity index (χ3n) is 4.26. The molecule has 0 atom stereocenters. The van der Waals surface area contributed by atoms with Crippen LogP contribution in [-0.4, -0.2) is 55.6 Å². The molecule has 1 saturated heterocycles. The molecular weight excluding hydrogens is 320 g/mol. The van der Waals surface area contributed by atoms with E-state index in [4.69, 9.17) is 0 Å². The number of nitrogens with zero attached hydrogens (tertiary/aromatic N) is 3. The van der Waals surface area contributed by atoms with Crippen molar-refractivity contribution >= 4 is 22.9 Å². The Labute approximate surface area is 147 Å². The second-order valence-electron chi connectivity index (χ2n) is 6.13. The summed E-state index contributed by atoms with van der Waals surface area (Å²) in [6.45, 7) is 7.05. The van der Waals surface area contributed by atoms with Crippen LogP contribution < -0.4 is 10.2 Å².